The van der Waals surface area contributed by atoms with Crippen LogP contribution in [0.25, 0.3) is 11.0 Å². The lowest BCUT2D eigenvalue weighted by molar-refractivity contribution is -0.121. The van der Waals surface area contributed by atoms with Gasteiger partial charge in [-0.2, -0.15) is 0 Å². The number of benzene rings is 2. The van der Waals surface area contributed by atoms with E-state index in [0.717, 1.165) is 42.6 Å². The molecule has 1 amide bonds. The maximum absolute atomic E-state index is 12.6. The van der Waals surface area contributed by atoms with Gasteiger partial charge in [0.2, 0.25) is 5.91 Å². The maximum atomic E-state index is 12.6. The Bertz CT molecular complexity index is 1070. The van der Waals surface area contributed by atoms with E-state index in [1.54, 1.807) is 0 Å². The summed E-state index contributed by atoms with van der Waals surface area (Å²) in [5.41, 5.74) is 4.05. The molecule has 164 valence electrons. The third-order valence-corrected chi connectivity index (χ3v) is 5.81. The highest BCUT2D eigenvalue weighted by Crippen LogP contribution is 2.25. The molecule has 2 aromatic carbocycles. The lowest BCUT2D eigenvalue weighted by atomic mass is 10.0. The highest BCUT2D eigenvalue weighted by Gasteiger charge is 2.14. The molecule has 0 saturated carbocycles. The minimum atomic E-state index is -0.349. The van der Waals surface area contributed by atoms with Gasteiger partial charge in [-0.15, -0.1) is 0 Å². The number of carbonyl (C=O) groups excluding carboxylic acids is 1. The Morgan fingerprint density at radius 2 is 1.77 bits per heavy atom. The number of hydrogen-bond acceptors (Lipinski definition) is 4. The molecule has 0 saturated heterocycles. The zero-order valence-corrected chi connectivity index (χ0v) is 18.7. The Kier molecular flexibility index (Phi) is 7.88. The van der Waals surface area contributed by atoms with Crippen LogP contribution in [0.4, 0.5) is 5.69 Å². The normalized spacial score (nSPS) is 10.9. The molecule has 0 aliphatic heterocycles. The van der Waals surface area contributed by atoms with E-state index >= 15 is 0 Å². The Morgan fingerprint density at radius 1 is 1.03 bits per heavy atom. The molecular weight excluding hydrogens is 388 g/mol. The summed E-state index contributed by atoms with van der Waals surface area (Å²) in [5.74, 6) is -0.0381. The molecule has 0 aliphatic rings. The van der Waals surface area contributed by atoms with Gasteiger partial charge in [0.25, 0.3) is 0 Å². The van der Waals surface area contributed by atoms with Crippen LogP contribution >= 0.6 is 0 Å². The molecule has 31 heavy (non-hydrogen) atoms. The summed E-state index contributed by atoms with van der Waals surface area (Å²) in [6.07, 6.45) is 2.48. The standard InChI is InChI=1S/C26H32N2O3/c1-4-28(5-2)21-13-14-22-19(3)23(26(30)31-24(22)18-21)15-16-25(29)27-17-9-12-20-10-7-6-8-11-20/h6-8,10-11,13-14,18H,4-5,9,12,15-17H2,1-3H3,(H,27,29). The van der Waals surface area contributed by atoms with Gasteiger partial charge < -0.3 is 14.6 Å². The van der Waals surface area contributed by atoms with Gasteiger partial charge in [0, 0.05) is 48.8 Å². The van der Waals surface area contributed by atoms with Crippen LogP contribution in [0.1, 0.15) is 43.4 Å². The Hall–Kier alpha value is -3.08. The number of amides is 1. The van der Waals surface area contributed by atoms with Gasteiger partial charge in [-0.3, -0.25) is 4.79 Å². The summed E-state index contributed by atoms with van der Waals surface area (Å²) < 4.78 is 5.62. The summed E-state index contributed by atoms with van der Waals surface area (Å²) in [6, 6.07) is 16.2. The van der Waals surface area contributed by atoms with Crippen LogP contribution < -0.4 is 15.8 Å². The van der Waals surface area contributed by atoms with Crippen molar-refractivity contribution in [1.82, 2.24) is 5.32 Å². The molecule has 1 N–H and O–H groups in total. The highest BCUT2D eigenvalue weighted by atomic mass is 16.4. The van der Waals surface area contributed by atoms with E-state index < -0.39 is 0 Å². The van der Waals surface area contributed by atoms with Crippen molar-refractivity contribution in [1.29, 1.82) is 0 Å². The summed E-state index contributed by atoms with van der Waals surface area (Å²) >= 11 is 0. The first kappa shape index (κ1) is 22.6. The molecule has 5 nitrogen and oxygen atoms in total. The molecule has 0 unspecified atom stereocenters. The fraction of sp³-hybridized carbons (Fsp3) is 0.385. The smallest absolute Gasteiger partial charge is 0.339 e. The zero-order chi connectivity index (χ0) is 22.2. The number of rotatable bonds is 10. The fourth-order valence-corrected chi connectivity index (χ4v) is 3.95. The van der Waals surface area contributed by atoms with Crippen molar-refractivity contribution >= 4 is 22.6 Å². The molecule has 3 rings (SSSR count). The lowest BCUT2D eigenvalue weighted by Crippen LogP contribution is -2.26. The molecule has 0 spiro atoms. The molecule has 1 aromatic heterocycles. The van der Waals surface area contributed by atoms with E-state index in [9.17, 15) is 9.59 Å². The average Bonchev–Trinajstić information content (AvgIpc) is 2.78. The van der Waals surface area contributed by atoms with E-state index in [4.69, 9.17) is 4.42 Å². The first-order valence-corrected chi connectivity index (χ1v) is 11.1. The summed E-state index contributed by atoms with van der Waals surface area (Å²) in [6.45, 7) is 8.56. The van der Waals surface area contributed by atoms with Crippen molar-refractivity contribution in [3.05, 3.63) is 75.6 Å². The molecule has 0 radical (unpaired) electrons. The highest BCUT2D eigenvalue weighted by molar-refractivity contribution is 5.84. The van der Waals surface area contributed by atoms with Crippen LogP contribution in [0.15, 0.2) is 57.7 Å². The van der Waals surface area contributed by atoms with Gasteiger partial charge in [-0.1, -0.05) is 30.3 Å². The third kappa shape index (κ3) is 5.75. The van der Waals surface area contributed by atoms with Gasteiger partial charge in [-0.05, 0) is 63.3 Å². The van der Waals surface area contributed by atoms with Gasteiger partial charge in [0.05, 0.1) is 0 Å². The molecular formula is C26H32N2O3. The summed E-state index contributed by atoms with van der Waals surface area (Å²) in [7, 11) is 0. The van der Waals surface area contributed by atoms with Crippen molar-refractivity contribution in [2.75, 3.05) is 24.5 Å². The molecule has 5 heteroatoms. The van der Waals surface area contributed by atoms with E-state index in [2.05, 4.69) is 42.3 Å². The van der Waals surface area contributed by atoms with E-state index in [0.29, 0.717) is 24.1 Å². The van der Waals surface area contributed by atoms with Crippen LogP contribution in [0.5, 0.6) is 0 Å². The first-order chi connectivity index (χ1) is 15.0. The number of fused-ring (bicyclic) bond motifs is 1. The van der Waals surface area contributed by atoms with Crippen LogP contribution in [-0.4, -0.2) is 25.5 Å². The second-order valence-corrected chi connectivity index (χ2v) is 7.78. The number of carbonyl (C=O) groups is 1. The minimum absolute atomic E-state index is 0.0381. The van der Waals surface area contributed by atoms with Crippen LogP contribution in [0.3, 0.4) is 0 Å². The van der Waals surface area contributed by atoms with Crippen molar-refractivity contribution in [2.45, 2.75) is 46.5 Å². The number of nitrogens with one attached hydrogen (secondary N) is 1. The largest absolute Gasteiger partial charge is 0.422 e. The Labute approximate surface area is 184 Å². The molecule has 1 heterocycles. The Morgan fingerprint density at radius 3 is 2.48 bits per heavy atom. The molecule has 0 aliphatic carbocycles. The quantitative estimate of drug-likeness (QED) is 0.384. The van der Waals surface area contributed by atoms with Crippen molar-refractivity contribution in [3.63, 3.8) is 0 Å². The van der Waals surface area contributed by atoms with Gasteiger partial charge in [0.1, 0.15) is 5.58 Å². The van der Waals surface area contributed by atoms with Crippen LogP contribution in [0, 0.1) is 6.92 Å². The maximum Gasteiger partial charge on any atom is 0.339 e. The minimum Gasteiger partial charge on any atom is -0.422 e. The third-order valence-electron chi connectivity index (χ3n) is 5.81. The predicted molar refractivity (Wildman–Crippen MR) is 127 cm³/mol. The summed E-state index contributed by atoms with van der Waals surface area (Å²) in [5, 5.41) is 3.88. The van der Waals surface area contributed by atoms with Crippen molar-refractivity contribution in [3.8, 4) is 0 Å². The van der Waals surface area contributed by atoms with Gasteiger partial charge in [0.15, 0.2) is 0 Å². The second-order valence-electron chi connectivity index (χ2n) is 7.78. The molecule has 0 bridgehead atoms. The topological polar surface area (TPSA) is 62.6 Å². The SMILES string of the molecule is CCN(CC)c1ccc2c(C)c(CCC(=O)NCCCc3ccccc3)c(=O)oc2c1. The van der Waals surface area contributed by atoms with Crippen molar-refractivity contribution in [2.24, 2.45) is 0 Å². The van der Waals surface area contributed by atoms with Crippen LogP contribution in [-0.2, 0) is 17.6 Å². The molecule has 0 fully saturated rings. The molecule has 3 aromatic rings. The number of hydrogen-bond donors (Lipinski definition) is 1. The van der Waals surface area contributed by atoms with E-state index in [1.165, 1.54) is 5.56 Å². The average molecular weight is 421 g/mol. The van der Waals surface area contributed by atoms with E-state index in [1.807, 2.05) is 37.3 Å². The monoisotopic (exact) mass is 420 g/mol. The predicted octanol–water partition coefficient (Wildman–Crippen LogP) is 4.63. The molecule has 0 atom stereocenters. The number of nitrogens with zero attached hydrogens (tertiary/aromatic N) is 1. The van der Waals surface area contributed by atoms with E-state index in [-0.39, 0.29) is 18.0 Å². The van der Waals surface area contributed by atoms with Crippen LogP contribution in [0.2, 0.25) is 0 Å². The lowest BCUT2D eigenvalue weighted by Gasteiger charge is -2.21. The number of aryl methyl sites for hydroxylation is 2. The van der Waals surface area contributed by atoms with Crippen molar-refractivity contribution < 1.29 is 9.21 Å². The zero-order valence-electron chi connectivity index (χ0n) is 18.7. The van der Waals surface area contributed by atoms with Gasteiger partial charge >= 0.3 is 5.63 Å². The number of anilines is 1. The Balaban J connectivity index is 1.60. The fourth-order valence-electron chi connectivity index (χ4n) is 3.95. The first-order valence-electron chi connectivity index (χ1n) is 11.1. The second kappa shape index (κ2) is 10.8. The summed E-state index contributed by atoms with van der Waals surface area (Å²) in [4.78, 5) is 27.1. The van der Waals surface area contributed by atoms with Gasteiger partial charge in [-0.25, -0.2) is 4.79 Å².